The molecule has 14 heteroatoms. The number of nitro benzene ring substituents is 2. The third-order valence-electron chi connectivity index (χ3n) is 7.37. The number of nitro groups is 2. The zero-order valence-electron chi connectivity index (χ0n) is 24.6. The van der Waals surface area contributed by atoms with Gasteiger partial charge in [-0.3, -0.25) is 29.6 Å². The van der Waals surface area contributed by atoms with Gasteiger partial charge in [0.25, 0.3) is 16.9 Å². The summed E-state index contributed by atoms with van der Waals surface area (Å²) in [5, 5.41) is 22.4. The maximum Gasteiger partial charge on any atom is 0.338 e. The van der Waals surface area contributed by atoms with Crippen LogP contribution in [0.25, 0.3) is 28.7 Å². The summed E-state index contributed by atoms with van der Waals surface area (Å²) < 4.78 is 19.1. The summed E-state index contributed by atoms with van der Waals surface area (Å²) in [6.07, 6.45) is 1.55. The van der Waals surface area contributed by atoms with Crippen molar-refractivity contribution in [1.82, 2.24) is 4.57 Å². The average Bonchev–Trinajstić information content (AvgIpc) is 3.77. The van der Waals surface area contributed by atoms with Gasteiger partial charge in [0.15, 0.2) is 4.80 Å². The van der Waals surface area contributed by atoms with E-state index in [4.69, 9.17) is 13.6 Å². The van der Waals surface area contributed by atoms with E-state index < -0.39 is 27.4 Å². The molecular formula is C32H24N4O9S. The first-order chi connectivity index (χ1) is 22.0. The second-order valence-electron chi connectivity index (χ2n) is 10.3. The highest BCUT2D eigenvalue weighted by atomic mass is 32.1. The van der Waals surface area contributed by atoms with Crippen molar-refractivity contribution >= 4 is 34.8 Å². The molecule has 1 aliphatic heterocycles. The highest BCUT2D eigenvalue weighted by Gasteiger charge is 2.35. The van der Waals surface area contributed by atoms with Crippen molar-refractivity contribution in [2.75, 3.05) is 6.61 Å². The first-order valence-corrected chi connectivity index (χ1v) is 14.8. The highest BCUT2D eigenvalue weighted by molar-refractivity contribution is 7.07. The van der Waals surface area contributed by atoms with Crippen LogP contribution < -0.4 is 14.9 Å². The Hall–Kier alpha value is -5.89. The Kier molecular flexibility index (Phi) is 7.79. The summed E-state index contributed by atoms with van der Waals surface area (Å²) in [5.41, 5.74) is 1.70. The second kappa shape index (κ2) is 11.9. The van der Waals surface area contributed by atoms with Crippen LogP contribution in [0.2, 0.25) is 0 Å². The number of ether oxygens (including phenoxy) is 1. The lowest BCUT2D eigenvalue weighted by atomic mass is 10.0. The summed E-state index contributed by atoms with van der Waals surface area (Å²) in [6, 6.07) is 15.9. The van der Waals surface area contributed by atoms with Crippen LogP contribution in [0.3, 0.4) is 0 Å². The molecule has 0 unspecified atom stereocenters. The Morgan fingerprint density at radius 1 is 0.978 bits per heavy atom. The van der Waals surface area contributed by atoms with Crippen LogP contribution in [-0.4, -0.2) is 27.0 Å². The van der Waals surface area contributed by atoms with E-state index in [2.05, 4.69) is 4.99 Å². The number of hydrogen-bond acceptors (Lipinski definition) is 11. The SMILES string of the molecule is CCOC(=O)C1=C(C)N=c2s/c(=C\c3ccc(-c4ccc([N+](=O)[O-])cc4)o3)c(=O)n2[C@@H]1c1ccc(-c2cc([N+](=O)[O-])ccc2C)o1. The van der Waals surface area contributed by atoms with Crippen LogP contribution >= 0.6 is 11.3 Å². The molecule has 232 valence electrons. The molecule has 0 bridgehead atoms. The van der Waals surface area contributed by atoms with Crippen molar-refractivity contribution in [2.45, 2.75) is 26.8 Å². The Morgan fingerprint density at radius 3 is 2.37 bits per heavy atom. The molecule has 46 heavy (non-hydrogen) atoms. The molecule has 13 nitrogen and oxygen atoms in total. The van der Waals surface area contributed by atoms with E-state index in [1.807, 2.05) is 0 Å². The van der Waals surface area contributed by atoms with Crippen molar-refractivity contribution in [1.29, 1.82) is 0 Å². The van der Waals surface area contributed by atoms with Crippen LogP contribution in [0.5, 0.6) is 0 Å². The number of thiazole rings is 1. The van der Waals surface area contributed by atoms with Gasteiger partial charge in [0, 0.05) is 41.5 Å². The Morgan fingerprint density at radius 2 is 1.67 bits per heavy atom. The van der Waals surface area contributed by atoms with E-state index in [9.17, 15) is 29.8 Å². The van der Waals surface area contributed by atoms with Gasteiger partial charge in [-0.15, -0.1) is 0 Å². The van der Waals surface area contributed by atoms with E-state index in [0.717, 1.165) is 16.9 Å². The van der Waals surface area contributed by atoms with Crippen LogP contribution in [0.15, 0.2) is 96.6 Å². The summed E-state index contributed by atoms with van der Waals surface area (Å²) >= 11 is 1.10. The summed E-state index contributed by atoms with van der Waals surface area (Å²) in [5.74, 6) is 0.714. The van der Waals surface area contributed by atoms with Crippen LogP contribution in [0, 0.1) is 27.2 Å². The standard InChI is InChI=1S/C32H24N4O9S/c1-4-43-31(38)28-18(3)33-32-34(29(28)26-14-13-25(45-26)23-15-21(36(41)42)8-5-17(23)2)30(37)27(46-32)16-22-11-12-24(44-22)19-6-9-20(10-7-19)35(39)40/h5-16,29H,4H2,1-3H3/b27-16-/t29-/m1/s1. The molecule has 1 atom stereocenters. The lowest BCUT2D eigenvalue weighted by molar-refractivity contribution is -0.385. The number of benzene rings is 2. The van der Waals surface area contributed by atoms with Gasteiger partial charge in [-0.2, -0.15) is 0 Å². The third-order valence-corrected chi connectivity index (χ3v) is 8.36. The molecule has 4 heterocycles. The molecule has 0 aliphatic carbocycles. The Labute approximate surface area is 263 Å². The highest BCUT2D eigenvalue weighted by Crippen LogP contribution is 2.36. The number of rotatable bonds is 8. The quantitative estimate of drug-likeness (QED) is 0.121. The van der Waals surface area contributed by atoms with E-state index >= 15 is 0 Å². The smallest absolute Gasteiger partial charge is 0.338 e. The number of esters is 1. The van der Waals surface area contributed by atoms with E-state index in [-0.39, 0.29) is 33.8 Å². The fourth-order valence-electron chi connectivity index (χ4n) is 5.16. The van der Waals surface area contributed by atoms with Crippen LogP contribution in [-0.2, 0) is 9.53 Å². The number of allylic oxidation sites excluding steroid dienone is 1. The number of carbonyl (C=O) groups excluding carboxylic acids is 1. The molecule has 0 spiro atoms. The van der Waals surface area contributed by atoms with Gasteiger partial charge >= 0.3 is 5.97 Å². The van der Waals surface area contributed by atoms with Gasteiger partial charge < -0.3 is 13.6 Å². The average molecular weight is 641 g/mol. The van der Waals surface area contributed by atoms with Gasteiger partial charge in [-0.25, -0.2) is 9.79 Å². The zero-order valence-corrected chi connectivity index (χ0v) is 25.4. The van der Waals surface area contributed by atoms with Crippen molar-refractivity contribution in [3.05, 3.63) is 135 Å². The molecule has 5 aromatic rings. The molecule has 1 aliphatic rings. The minimum atomic E-state index is -1.03. The summed E-state index contributed by atoms with van der Waals surface area (Å²) in [7, 11) is 0. The van der Waals surface area contributed by atoms with Crippen LogP contribution in [0.1, 0.15) is 37.0 Å². The predicted octanol–water partition coefficient (Wildman–Crippen LogP) is 5.44. The fourth-order valence-corrected chi connectivity index (χ4v) is 6.18. The largest absolute Gasteiger partial charge is 0.463 e. The van der Waals surface area contributed by atoms with Crippen molar-refractivity contribution < 1.29 is 28.2 Å². The third kappa shape index (κ3) is 5.45. The monoisotopic (exact) mass is 640 g/mol. The molecule has 3 aromatic heterocycles. The first-order valence-electron chi connectivity index (χ1n) is 13.9. The van der Waals surface area contributed by atoms with Crippen molar-refractivity contribution in [2.24, 2.45) is 4.99 Å². The van der Waals surface area contributed by atoms with Crippen LogP contribution in [0.4, 0.5) is 11.4 Å². The second-order valence-corrected chi connectivity index (χ2v) is 11.3. The number of furan rings is 2. The fraction of sp³-hybridized carbons (Fsp3) is 0.156. The molecule has 0 amide bonds. The lowest BCUT2D eigenvalue weighted by Gasteiger charge is -2.22. The summed E-state index contributed by atoms with van der Waals surface area (Å²) in [6.45, 7) is 5.20. The normalized spacial score (nSPS) is 14.6. The number of aryl methyl sites for hydroxylation is 1. The topological polar surface area (TPSA) is 173 Å². The lowest BCUT2D eigenvalue weighted by Crippen LogP contribution is -2.39. The Bertz CT molecular complexity index is 2250. The number of nitrogens with zero attached hydrogens (tertiary/aromatic N) is 4. The molecule has 6 rings (SSSR count). The molecular weight excluding hydrogens is 616 g/mol. The van der Waals surface area contributed by atoms with E-state index in [1.54, 1.807) is 69.3 Å². The van der Waals surface area contributed by atoms with Gasteiger partial charge in [0.05, 0.1) is 32.3 Å². The minimum Gasteiger partial charge on any atom is -0.463 e. The summed E-state index contributed by atoms with van der Waals surface area (Å²) in [4.78, 5) is 53.5. The van der Waals surface area contributed by atoms with Gasteiger partial charge in [0.2, 0.25) is 0 Å². The van der Waals surface area contributed by atoms with Crippen molar-refractivity contribution in [3.8, 4) is 22.6 Å². The molecule has 0 saturated carbocycles. The number of fused-ring (bicyclic) bond motifs is 1. The number of aromatic nitrogens is 1. The van der Waals surface area contributed by atoms with Crippen molar-refractivity contribution in [3.63, 3.8) is 0 Å². The zero-order chi connectivity index (χ0) is 32.7. The molecule has 0 saturated heterocycles. The van der Waals surface area contributed by atoms with Gasteiger partial charge in [-0.05, 0) is 62.7 Å². The van der Waals surface area contributed by atoms with Gasteiger partial charge in [-0.1, -0.05) is 17.4 Å². The maximum absolute atomic E-state index is 13.9. The maximum atomic E-state index is 13.9. The Balaban J connectivity index is 1.44. The van der Waals surface area contributed by atoms with E-state index in [0.29, 0.717) is 38.9 Å². The number of hydrogen-bond donors (Lipinski definition) is 0. The molecule has 0 radical (unpaired) electrons. The molecule has 0 N–H and O–H groups in total. The van der Waals surface area contributed by atoms with E-state index in [1.165, 1.54) is 28.8 Å². The van der Waals surface area contributed by atoms with Gasteiger partial charge in [0.1, 0.15) is 29.1 Å². The molecule has 0 fully saturated rings. The predicted molar refractivity (Wildman–Crippen MR) is 167 cm³/mol. The number of non-ortho nitro benzene ring substituents is 2. The molecule has 2 aromatic carbocycles. The number of carbonyl (C=O) groups is 1. The minimum absolute atomic E-state index is 0.0485. The first kappa shape index (κ1) is 30.1.